The molecule has 0 saturated heterocycles. The predicted octanol–water partition coefficient (Wildman–Crippen LogP) is 0.950. The van der Waals surface area contributed by atoms with Crippen LogP contribution in [0.5, 0.6) is 0 Å². The molecule has 1 aromatic heterocycles. The van der Waals surface area contributed by atoms with E-state index in [1.807, 2.05) is 0 Å². The summed E-state index contributed by atoms with van der Waals surface area (Å²) >= 11 is 0.695. The van der Waals surface area contributed by atoms with E-state index >= 15 is 0 Å². The third-order valence-corrected chi connectivity index (χ3v) is 2.26. The standard InChI is InChI=1S/C8H5NO2S/c10-7-5-3-1-2-4-6(5)9-8(11)12-7/h1-4H,(H,9,11). The first kappa shape index (κ1) is 7.24. The van der Waals surface area contributed by atoms with Crippen molar-refractivity contribution in [3.8, 4) is 0 Å². The van der Waals surface area contributed by atoms with Gasteiger partial charge in [-0.2, -0.15) is 0 Å². The quantitative estimate of drug-likeness (QED) is 0.654. The van der Waals surface area contributed by atoms with Crippen LogP contribution in [0.15, 0.2) is 33.9 Å². The maximum Gasteiger partial charge on any atom is 0.308 e. The van der Waals surface area contributed by atoms with E-state index in [-0.39, 0.29) is 9.62 Å². The molecule has 1 N–H and O–H groups in total. The summed E-state index contributed by atoms with van der Waals surface area (Å²) in [5.74, 6) is 0. The zero-order chi connectivity index (χ0) is 8.55. The molecule has 0 spiro atoms. The number of nitrogens with one attached hydrogen (secondary N) is 1. The molecule has 0 atom stereocenters. The van der Waals surface area contributed by atoms with Gasteiger partial charge in [-0.3, -0.25) is 9.59 Å². The van der Waals surface area contributed by atoms with Crippen LogP contribution in [0.3, 0.4) is 0 Å². The molecule has 0 aliphatic heterocycles. The van der Waals surface area contributed by atoms with Crippen LogP contribution in [0, 0.1) is 0 Å². The average molecular weight is 179 g/mol. The van der Waals surface area contributed by atoms with Gasteiger partial charge in [-0.25, -0.2) is 0 Å². The second-order valence-electron chi connectivity index (χ2n) is 2.35. The Morgan fingerprint density at radius 3 is 2.75 bits per heavy atom. The Bertz CT molecular complexity index is 526. The van der Waals surface area contributed by atoms with Gasteiger partial charge in [0.2, 0.25) is 4.74 Å². The van der Waals surface area contributed by atoms with Gasteiger partial charge < -0.3 is 4.98 Å². The molecule has 0 fully saturated rings. The van der Waals surface area contributed by atoms with Gasteiger partial charge >= 0.3 is 4.87 Å². The van der Waals surface area contributed by atoms with Gasteiger partial charge in [-0.15, -0.1) is 0 Å². The minimum absolute atomic E-state index is 0.186. The Morgan fingerprint density at radius 2 is 1.92 bits per heavy atom. The molecule has 0 aliphatic carbocycles. The summed E-state index contributed by atoms with van der Waals surface area (Å²) in [6.45, 7) is 0. The molecule has 0 radical (unpaired) electrons. The van der Waals surface area contributed by atoms with Crippen LogP contribution in [0.25, 0.3) is 10.9 Å². The Hall–Kier alpha value is -1.42. The SMILES string of the molecule is O=c1[nH]c2ccccc2c(=O)s1. The first-order valence-corrected chi connectivity index (χ1v) is 4.21. The van der Waals surface area contributed by atoms with Crippen molar-refractivity contribution in [1.82, 2.24) is 4.98 Å². The number of hydrogen-bond donors (Lipinski definition) is 1. The highest BCUT2D eigenvalue weighted by Crippen LogP contribution is 2.03. The smallest absolute Gasteiger partial charge is 0.308 e. The lowest BCUT2D eigenvalue weighted by Crippen LogP contribution is -2.08. The van der Waals surface area contributed by atoms with Crippen LogP contribution >= 0.6 is 11.3 Å². The van der Waals surface area contributed by atoms with E-state index in [9.17, 15) is 9.59 Å². The van der Waals surface area contributed by atoms with E-state index in [1.54, 1.807) is 24.3 Å². The molecule has 60 valence electrons. The molecular formula is C8H5NO2S. The monoisotopic (exact) mass is 179 g/mol. The third kappa shape index (κ3) is 1.06. The van der Waals surface area contributed by atoms with Crippen molar-refractivity contribution < 1.29 is 0 Å². The Morgan fingerprint density at radius 1 is 1.17 bits per heavy atom. The second-order valence-corrected chi connectivity index (χ2v) is 3.29. The lowest BCUT2D eigenvalue weighted by Gasteiger charge is -1.91. The van der Waals surface area contributed by atoms with E-state index in [0.717, 1.165) is 0 Å². The van der Waals surface area contributed by atoms with Crippen molar-refractivity contribution in [1.29, 1.82) is 0 Å². The molecule has 1 aromatic carbocycles. The predicted molar refractivity (Wildman–Crippen MR) is 48.7 cm³/mol. The largest absolute Gasteiger partial charge is 0.313 e. The zero-order valence-corrected chi connectivity index (χ0v) is 6.85. The van der Waals surface area contributed by atoms with Crippen molar-refractivity contribution in [2.75, 3.05) is 0 Å². The first-order chi connectivity index (χ1) is 5.77. The summed E-state index contributed by atoms with van der Waals surface area (Å²) in [5, 5.41) is 0.571. The summed E-state index contributed by atoms with van der Waals surface area (Å²) in [6.07, 6.45) is 0. The van der Waals surface area contributed by atoms with Crippen LogP contribution in [-0.4, -0.2) is 4.98 Å². The van der Waals surface area contributed by atoms with Crippen molar-refractivity contribution in [2.24, 2.45) is 0 Å². The minimum Gasteiger partial charge on any atom is -0.313 e. The fraction of sp³-hybridized carbons (Fsp3) is 0. The number of benzene rings is 1. The van der Waals surface area contributed by atoms with Gasteiger partial charge in [0, 0.05) is 0 Å². The van der Waals surface area contributed by atoms with E-state index < -0.39 is 0 Å². The number of aromatic amines is 1. The Labute approximate surface area is 71.3 Å². The molecule has 2 rings (SSSR count). The highest BCUT2D eigenvalue weighted by molar-refractivity contribution is 7.07. The van der Waals surface area contributed by atoms with Crippen LogP contribution < -0.4 is 9.62 Å². The minimum atomic E-state index is -0.307. The molecule has 2 aromatic rings. The highest BCUT2D eigenvalue weighted by atomic mass is 32.1. The molecule has 0 amide bonds. The molecule has 3 nitrogen and oxygen atoms in total. The number of aromatic nitrogens is 1. The van der Waals surface area contributed by atoms with E-state index in [4.69, 9.17) is 0 Å². The van der Waals surface area contributed by atoms with Crippen LogP contribution in [0.4, 0.5) is 0 Å². The Balaban J connectivity index is 3.09. The van der Waals surface area contributed by atoms with Crippen LogP contribution in [-0.2, 0) is 0 Å². The van der Waals surface area contributed by atoms with Gasteiger partial charge in [0.05, 0.1) is 10.9 Å². The summed E-state index contributed by atoms with van der Waals surface area (Å²) in [7, 11) is 0. The second kappa shape index (κ2) is 2.57. The van der Waals surface area contributed by atoms with E-state index in [0.29, 0.717) is 22.2 Å². The lowest BCUT2D eigenvalue weighted by molar-refractivity contribution is 1.38. The van der Waals surface area contributed by atoms with Crippen molar-refractivity contribution in [3.63, 3.8) is 0 Å². The van der Waals surface area contributed by atoms with Crippen molar-refractivity contribution in [2.45, 2.75) is 0 Å². The van der Waals surface area contributed by atoms with Gasteiger partial charge in [0.25, 0.3) is 0 Å². The number of H-pyrrole nitrogens is 1. The Kier molecular flexibility index (Phi) is 1.55. The van der Waals surface area contributed by atoms with E-state index in [1.165, 1.54) is 0 Å². The number of para-hydroxylation sites is 1. The lowest BCUT2D eigenvalue weighted by atomic mass is 10.3. The fourth-order valence-electron chi connectivity index (χ4n) is 1.04. The van der Waals surface area contributed by atoms with Crippen LogP contribution in [0.1, 0.15) is 0 Å². The molecule has 0 bridgehead atoms. The van der Waals surface area contributed by atoms with Gasteiger partial charge in [-0.1, -0.05) is 12.1 Å². The summed E-state index contributed by atoms with van der Waals surface area (Å²) in [4.78, 5) is 24.4. The van der Waals surface area contributed by atoms with Crippen molar-refractivity contribution >= 4 is 22.2 Å². The van der Waals surface area contributed by atoms with Crippen molar-refractivity contribution in [3.05, 3.63) is 43.5 Å². The van der Waals surface area contributed by atoms with Gasteiger partial charge in [0.15, 0.2) is 0 Å². The topological polar surface area (TPSA) is 49.9 Å². The van der Waals surface area contributed by atoms with Gasteiger partial charge in [0.1, 0.15) is 0 Å². The van der Waals surface area contributed by atoms with Gasteiger partial charge in [-0.05, 0) is 23.5 Å². The molecular weight excluding hydrogens is 174 g/mol. The normalized spacial score (nSPS) is 10.3. The molecule has 0 unspecified atom stereocenters. The molecule has 0 aliphatic rings. The van der Waals surface area contributed by atoms with Crippen LogP contribution in [0.2, 0.25) is 0 Å². The summed E-state index contributed by atoms with van der Waals surface area (Å²) < 4.78 is -0.186. The summed E-state index contributed by atoms with van der Waals surface area (Å²) in [5.41, 5.74) is 0.603. The van der Waals surface area contributed by atoms with E-state index in [2.05, 4.69) is 4.98 Å². The molecule has 12 heavy (non-hydrogen) atoms. The average Bonchev–Trinajstić information content (AvgIpc) is 2.04. The maximum atomic E-state index is 11.2. The zero-order valence-electron chi connectivity index (χ0n) is 6.03. The molecule has 1 heterocycles. The highest BCUT2D eigenvalue weighted by Gasteiger charge is 1.97. The molecule has 4 heteroatoms. The fourth-order valence-corrected chi connectivity index (χ4v) is 1.66. The first-order valence-electron chi connectivity index (χ1n) is 3.39. The number of fused-ring (bicyclic) bond motifs is 1. The number of hydrogen-bond acceptors (Lipinski definition) is 3. The maximum absolute atomic E-state index is 11.2. The summed E-state index contributed by atoms with van der Waals surface area (Å²) in [6, 6.07) is 6.96. The third-order valence-electron chi connectivity index (χ3n) is 1.57. The number of rotatable bonds is 0. The molecule has 0 saturated carbocycles.